The van der Waals surface area contributed by atoms with Crippen molar-refractivity contribution in [2.75, 3.05) is 31.6 Å². The van der Waals surface area contributed by atoms with Gasteiger partial charge in [0.1, 0.15) is 17.7 Å². The number of carbonyl (C=O) groups is 1. The van der Waals surface area contributed by atoms with Gasteiger partial charge in [-0.3, -0.25) is 9.69 Å². The van der Waals surface area contributed by atoms with Crippen molar-refractivity contribution in [3.05, 3.63) is 48.3 Å². The lowest BCUT2D eigenvalue weighted by Gasteiger charge is -2.39. The number of aromatic nitrogens is 2. The minimum Gasteiger partial charge on any atom is -0.369 e. The molecule has 2 aromatic heterocycles. The first kappa shape index (κ1) is 22.7. The Morgan fingerprint density at radius 3 is 2.72 bits per heavy atom. The molecule has 1 N–H and O–H groups in total. The lowest BCUT2D eigenvalue weighted by atomic mass is 9.93. The maximum atomic E-state index is 13.3. The van der Waals surface area contributed by atoms with Crippen LogP contribution < -0.4 is 5.32 Å². The van der Waals surface area contributed by atoms with Gasteiger partial charge in [0.05, 0.1) is 18.8 Å². The van der Waals surface area contributed by atoms with Crippen molar-refractivity contribution in [1.82, 2.24) is 19.8 Å². The number of nitrogens with one attached hydrogen (secondary N) is 1. The third kappa shape index (κ3) is 5.84. The molecule has 0 unspecified atom stereocenters. The van der Waals surface area contributed by atoms with Gasteiger partial charge in [0, 0.05) is 31.4 Å². The Balaban J connectivity index is 1.38. The van der Waals surface area contributed by atoms with E-state index in [2.05, 4.69) is 33.9 Å². The van der Waals surface area contributed by atoms with Gasteiger partial charge in [-0.15, -0.1) is 0 Å². The molecule has 1 aliphatic heterocycles. The Morgan fingerprint density at radius 1 is 1.16 bits per heavy atom. The van der Waals surface area contributed by atoms with Crippen molar-refractivity contribution in [1.29, 1.82) is 0 Å². The Morgan fingerprint density at radius 2 is 1.97 bits per heavy atom. The number of ether oxygens (including phenoxy) is 1. The van der Waals surface area contributed by atoms with Gasteiger partial charge in [0.25, 0.3) is 0 Å². The van der Waals surface area contributed by atoms with Crippen LogP contribution in [0.3, 0.4) is 0 Å². The highest BCUT2D eigenvalue weighted by molar-refractivity contribution is 5.79. The summed E-state index contributed by atoms with van der Waals surface area (Å²) >= 11 is 0. The first-order chi connectivity index (χ1) is 15.6. The summed E-state index contributed by atoms with van der Waals surface area (Å²) in [5.74, 6) is 1.73. The maximum absolute atomic E-state index is 13.3. The fourth-order valence-electron chi connectivity index (χ4n) is 4.84. The molecule has 1 saturated heterocycles. The summed E-state index contributed by atoms with van der Waals surface area (Å²) in [6.07, 6.45) is 7.63. The quantitative estimate of drug-likeness (QED) is 0.701. The molecular formula is C25H35N5O2. The van der Waals surface area contributed by atoms with E-state index in [4.69, 9.17) is 9.72 Å². The van der Waals surface area contributed by atoms with Crippen molar-refractivity contribution in [3.8, 4) is 0 Å². The molecule has 0 spiro atoms. The molecule has 3 heterocycles. The van der Waals surface area contributed by atoms with E-state index in [1.165, 1.54) is 19.3 Å². The second kappa shape index (κ2) is 10.9. The predicted molar refractivity (Wildman–Crippen MR) is 126 cm³/mol. The number of hydrogen-bond donors (Lipinski definition) is 1. The number of morpholine rings is 1. The summed E-state index contributed by atoms with van der Waals surface area (Å²) < 4.78 is 6.03. The fraction of sp³-hybridized carbons (Fsp3) is 0.560. The van der Waals surface area contributed by atoms with Crippen LogP contribution in [0.1, 0.15) is 57.7 Å². The summed E-state index contributed by atoms with van der Waals surface area (Å²) in [5.41, 5.74) is 0.871. The van der Waals surface area contributed by atoms with Crippen molar-refractivity contribution in [2.45, 2.75) is 64.1 Å². The number of amides is 1. The molecule has 2 aromatic rings. The minimum absolute atomic E-state index is 0.149. The first-order valence-corrected chi connectivity index (χ1v) is 11.9. The van der Waals surface area contributed by atoms with E-state index in [9.17, 15) is 4.79 Å². The predicted octanol–water partition coefficient (Wildman–Crippen LogP) is 4.16. The minimum atomic E-state index is -0.149. The monoisotopic (exact) mass is 437 g/mol. The third-order valence-electron chi connectivity index (χ3n) is 6.34. The number of anilines is 2. The molecule has 172 valence electrons. The third-order valence-corrected chi connectivity index (χ3v) is 6.34. The van der Waals surface area contributed by atoms with Crippen molar-refractivity contribution in [3.63, 3.8) is 0 Å². The zero-order valence-electron chi connectivity index (χ0n) is 19.2. The highest BCUT2D eigenvalue weighted by atomic mass is 16.5. The van der Waals surface area contributed by atoms with Gasteiger partial charge < -0.3 is 15.0 Å². The van der Waals surface area contributed by atoms with Crippen LogP contribution >= 0.6 is 0 Å². The molecule has 0 radical (unpaired) electrons. The molecule has 1 atom stereocenters. The average molecular weight is 438 g/mol. The average Bonchev–Trinajstić information content (AvgIpc) is 2.81. The first-order valence-electron chi connectivity index (χ1n) is 11.9. The molecule has 32 heavy (non-hydrogen) atoms. The lowest BCUT2D eigenvalue weighted by Crippen LogP contribution is -2.51. The van der Waals surface area contributed by atoms with E-state index in [-0.39, 0.29) is 18.1 Å². The number of carbonyl (C=O) groups excluding carboxylic acids is 1. The second-order valence-corrected chi connectivity index (χ2v) is 9.07. The summed E-state index contributed by atoms with van der Waals surface area (Å²) in [6, 6.07) is 12.2. The van der Waals surface area contributed by atoms with Gasteiger partial charge in [-0.1, -0.05) is 31.4 Å². The Labute approximate surface area is 191 Å². The molecule has 0 aromatic carbocycles. The second-order valence-electron chi connectivity index (χ2n) is 9.07. The van der Waals surface area contributed by atoms with Gasteiger partial charge in [0.2, 0.25) is 5.91 Å². The van der Waals surface area contributed by atoms with E-state index in [1.54, 1.807) is 6.20 Å². The number of nitrogens with zero attached hydrogens (tertiary/aromatic N) is 4. The molecule has 4 rings (SSSR count). The van der Waals surface area contributed by atoms with E-state index < -0.39 is 0 Å². The van der Waals surface area contributed by atoms with E-state index >= 15 is 0 Å². The van der Waals surface area contributed by atoms with Crippen molar-refractivity contribution >= 4 is 17.5 Å². The largest absolute Gasteiger partial charge is 0.369 e. The summed E-state index contributed by atoms with van der Waals surface area (Å²) in [6.45, 7) is 6.76. The highest BCUT2D eigenvalue weighted by Gasteiger charge is 2.31. The Kier molecular flexibility index (Phi) is 7.71. The van der Waals surface area contributed by atoms with Gasteiger partial charge in [-0.05, 0) is 51.0 Å². The van der Waals surface area contributed by atoms with Crippen LogP contribution in [0.25, 0.3) is 0 Å². The van der Waals surface area contributed by atoms with Crippen molar-refractivity contribution in [2.24, 2.45) is 0 Å². The molecule has 2 fully saturated rings. The smallest absolute Gasteiger partial charge is 0.237 e. The molecule has 7 nitrogen and oxygen atoms in total. The molecule has 1 saturated carbocycles. The van der Waals surface area contributed by atoms with Crippen LogP contribution in [0.5, 0.6) is 0 Å². The SMILES string of the molecule is CC(C)N(C(=O)CN1CCO[C@@H](c2cccc(Nc3ccccn3)n2)C1)C1CCCCC1. The van der Waals surface area contributed by atoms with Gasteiger partial charge in [-0.25, -0.2) is 9.97 Å². The van der Waals surface area contributed by atoms with Crippen LogP contribution in [-0.4, -0.2) is 64.0 Å². The van der Waals surface area contributed by atoms with Gasteiger partial charge in [-0.2, -0.15) is 0 Å². The fourth-order valence-corrected chi connectivity index (χ4v) is 4.84. The van der Waals surface area contributed by atoms with Crippen LogP contribution in [0, 0.1) is 0 Å². The van der Waals surface area contributed by atoms with Crippen LogP contribution in [0.15, 0.2) is 42.6 Å². The van der Waals surface area contributed by atoms with Gasteiger partial charge in [0.15, 0.2) is 0 Å². The molecular weight excluding hydrogens is 402 g/mol. The number of rotatable bonds is 7. The zero-order chi connectivity index (χ0) is 22.3. The molecule has 0 bridgehead atoms. The maximum Gasteiger partial charge on any atom is 0.237 e. The summed E-state index contributed by atoms with van der Waals surface area (Å²) in [5, 5.41) is 3.24. The summed E-state index contributed by atoms with van der Waals surface area (Å²) in [4.78, 5) is 26.7. The molecule has 7 heteroatoms. The van der Waals surface area contributed by atoms with Crippen LogP contribution in [-0.2, 0) is 9.53 Å². The van der Waals surface area contributed by atoms with Crippen LogP contribution in [0.4, 0.5) is 11.6 Å². The molecule has 1 aliphatic carbocycles. The van der Waals surface area contributed by atoms with E-state index in [1.807, 2.05) is 36.4 Å². The Bertz CT molecular complexity index is 870. The summed E-state index contributed by atoms with van der Waals surface area (Å²) in [7, 11) is 0. The van der Waals surface area contributed by atoms with E-state index in [0.29, 0.717) is 25.7 Å². The zero-order valence-corrected chi connectivity index (χ0v) is 19.2. The number of pyridine rings is 2. The lowest BCUT2D eigenvalue weighted by molar-refractivity contribution is -0.139. The molecule has 1 amide bonds. The normalized spacial score (nSPS) is 20.3. The van der Waals surface area contributed by atoms with Gasteiger partial charge >= 0.3 is 0 Å². The highest BCUT2D eigenvalue weighted by Crippen LogP contribution is 2.26. The van der Waals surface area contributed by atoms with E-state index in [0.717, 1.165) is 36.7 Å². The molecule has 2 aliphatic rings. The topological polar surface area (TPSA) is 70.6 Å². The standard InChI is InChI=1S/C25H35N5O2/c1-19(2)30(20-9-4-3-5-10-20)25(31)18-29-15-16-32-22(17-29)21-11-8-13-24(27-21)28-23-12-6-7-14-26-23/h6-8,11-14,19-20,22H,3-5,9-10,15-18H2,1-2H3,(H,26,27,28)/t22-/m1/s1. The number of hydrogen-bond acceptors (Lipinski definition) is 6. The van der Waals surface area contributed by atoms with Crippen LogP contribution in [0.2, 0.25) is 0 Å². The Hall–Kier alpha value is -2.51. The van der Waals surface area contributed by atoms with Crippen molar-refractivity contribution < 1.29 is 9.53 Å².